The minimum atomic E-state index is -0.762. The number of carboxylic acids is 1. The van der Waals surface area contributed by atoms with Crippen molar-refractivity contribution in [3.8, 4) is 0 Å². The minimum Gasteiger partial charge on any atom is -0.480 e. The number of likely N-dealkylation sites (tertiary alicyclic amines) is 1. The van der Waals surface area contributed by atoms with Crippen molar-refractivity contribution in [2.24, 2.45) is 11.8 Å². The SMILES string of the molecule is CC(C)C(C(=O)O)N(C)[C@H]1C[C@H](CN2CCC3(CC2)CCn2nc(Cc4ccccc4)cc23)[C@@H](c2cccc(F)c2)C1. The topological polar surface area (TPSA) is 61.6 Å². The molecule has 2 fully saturated rings. The highest BCUT2D eigenvalue weighted by atomic mass is 19.1. The molecule has 3 aliphatic rings. The van der Waals surface area contributed by atoms with Gasteiger partial charge in [0.1, 0.15) is 11.9 Å². The van der Waals surface area contributed by atoms with E-state index in [2.05, 4.69) is 56.9 Å². The zero-order valence-electron chi connectivity index (χ0n) is 25.3. The maximum atomic E-state index is 14.3. The monoisotopic (exact) mass is 572 g/mol. The van der Waals surface area contributed by atoms with E-state index in [9.17, 15) is 14.3 Å². The van der Waals surface area contributed by atoms with Gasteiger partial charge in [0.05, 0.1) is 5.69 Å². The molecule has 7 heteroatoms. The third-order valence-corrected chi connectivity index (χ3v) is 10.6. The van der Waals surface area contributed by atoms with Crippen LogP contribution in [0.3, 0.4) is 0 Å². The highest BCUT2D eigenvalue weighted by molar-refractivity contribution is 5.73. The smallest absolute Gasteiger partial charge is 0.321 e. The Morgan fingerprint density at radius 3 is 2.48 bits per heavy atom. The second-order valence-electron chi connectivity index (χ2n) is 13.5. The number of fused-ring (bicyclic) bond motifs is 2. The highest BCUT2D eigenvalue weighted by Crippen LogP contribution is 2.46. The summed E-state index contributed by atoms with van der Waals surface area (Å²) < 4.78 is 16.6. The molecule has 42 heavy (non-hydrogen) atoms. The number of carboxylic acid groups (broad SMARTS) is 1. The van der Waals surface area contributed by atoms with Crippen LogP contribution in [0.25, 0.3) is 0 Å². The van der Waals surface area contributed by atoms with Crippen LogP contribution in [0.15, 0.2) is 60.7 Å². The zero-order valence-corrected chi connectivity index (χ0v) is 25.3. The van der Waals surface area contributed by atoms with Crippen LogP contribution in [0.5, 0.6) is 0 Å². The molecule has 1 aliphatic carbocycles. The molecule has 1 N–H and O–H groups in total. The summed E-state index contributed by atoms with van der Waals surface area (Å²) >= 11 is 0. The Kier molecular flexibility index (Phi) is 8.25. The summed E-state index contributed by atoms with van der Waals surface area (Å²) in [4.78, 5) is 16.8. The summed E-state index contributed by atoms with van der Waals surface area (Å²) in [7, 11) is 1.97. The molecule has 0 radical (unpaired) electrons. The Bertz CT molecular complexity index is 1380. The van der Waals surface area contributed by atoms with Gasteiger partial charge in [-0.25, -0.2) is 4.39 Å². The molecular formula is C35H45FN4O2. The van der Waals surface area contributed by atoms with E-state index in [1.807, 2.05) is 27.0 Å². The van der Waals surface area contributed by atoms with Crippen molar-refractivity contribution >= 4 is 5.97 Å². The van der Waals surface area contributed by atoms with Crippen molar-refractivity contribution in [3.63, 3.8) is 0 Å². The standard InChI is InChI=1S/C35H45FN4O2/c1-24(2)33(34(41)42)38(3)30-20-27(31(22-30)26-10-7-11-28(36)19-26)23-39-15-12-35(13-16-39)14-17-40-32(35)21-29(37-40)18-25-8-5-4-6-9-25/h4-11,19,21,24,27,30-31,33H,12-18,20,22-23H2,1-3H3,(H,41,42)/t27-,30+,31-,33?/m1/s1. The second-order valence-corrected chi connectivity index (χ2v) is 13.5. The quantitative estimate of drug-likeness (QED) is 0.343. The lowest BCUT2D eigenvalue weighted by Gasteiger charge is -2.40. The van der Waals surface area contributed by atoms with Gasteiger partial charge >= 0.3 is 5.97 Å². The fraction of sp³-hybridized carbons (Fsp3) is 0.543. The number of carbonyl (C=O) groups is 1. The number of hydrogen-bond acceptors (Lipinski definition) is 4. The van der Waals surface area contributed by atoms with E-state index in [0.29, 0.717) is 5.92 Å². The Hall–Kier alpha value is -3.03. The van der Waals surface area contributed by atoms with Crippen molar-refractivity contribution in [1.82, 2.24) is 19.6 Å². The van der Waals surface area contributed by atoms with Crippen LogP contribution >= 0.6 is 0 Å². The third-order valence-electron chi connectivity index (χ3n) is 10.6. The van der Waals surface area contributed by atoms with Crippen LogP contribution in [0.1, 0.15) is 74.4 Å². The molecule has 1 spiro atoms. The number of hydrogen-bond donors (Lipinski definition) is 1. The van der Waals surface area contributed by atoms with Crippen LogP contribution in [-0.2, 0) is 23.2 Å². The first-order valence-corrected chi connectivity index (χ1v) is 15.8. The number of aryl methyl sites for hydroxylation is 1. The van der Waals surface area contributed by atoms with E-state index in [1.165, 1.54) is 23.7 Å². The molecule has 2 aromatic carbocycles. The van der Waals surface area contributed by atoms with Gasteiger partial charge in [0.15, 0.2) is 0 Å². The van der Waals surface area contributed by atoms with Crippen LogP contribution < -0.4 is 0 Å². The van der Waals surface area contributed by atoms with Gasteiger partial charge in [0.25, 0.3) is 0 Å². The number of piperidine rings is 1. The Balaban J connectivity index is 1.14. The summed E-state index contributed by atoms with van der Waals surface area (Å²) in [6, 6.07) is 19.7. The largest absolute Gasteiger partial charge is 0.480 e. The van der Waals surface area contributed by atoms with E-state index >= 15 is 0 Å². The van der Waals surface area contributed by atoms with Gasteiger partial charge in [0, 0.05) is 36.7 Å². The van der Waals surface area contributed by atoms with Crippen molar-refractivity contribution in [2.75, 3.05) is 26.7 Å². The van der Waals surface area contributed by atoms with E-state index in [1.54, 1.807) is 6.07 Å². The lowest BCUT2D eigenvalue weighted by atomic mass is 9.74. The summed E-state index contributed by atoms with van der Waals surface area (Å²) in [6.07, 6.45) is 6.12. The molecule has 1 aromatic heterocycles. The molecule has 224 valence electrons. The second kappa shape index (κ2) is 11.9. The maximum Gasteiger partial charge on any atom is 0.321 e. The summed E-state index contributed by atoms with van der Waals surface area (Å²) in [6.45, 7) is 8.04. The average Bonchev–Trinajstić information content (AvgIpc) is 3.65. The minimum absolute atomic E-state index is 0.0190. The number of aliphatic carboxylic acids is 1. The van der Waals surface area contributed by atoms with E-state index in [0.717, 1.165) is 69.5 Å². The number of nitrogens with zero attached hydrogens (tertiary/aromatic N) is 4. The summed E-state index contributed by atoms with van der Waals surface area (Å²) in [5, 5.41) is 14.9. The summed E-state index contributed by atoms with van der Waals surface area (Å²) in [5.74, 6) is -0.355. The molecule has 0 bridgehead atoms. The van der Waals surface area contributed by atoms with E-state index < -0.39 is 12.0 Å². The molecule has 2 aliphatic heterocycles. The molecule has 1 saturated heterocycles. The van der Waals surface area contributed by atoms with Gasteiger partial charge in [-0.15, -0.1) is 0 Å². The van der Waals surface area contributed by atoms with Gasteiger partial charge in [0.2, 0.25) is 0 Å². The summed E-state index contributed by atoms with van der Waals surface area (Å²) in [5.41, 5.74) is 5.14. The van der Waals surface area contributed by atoms with Gasteiger partial charge in [-0.2, -0.15) is 5.10 Å². The average molecular weight is 573 g/mol. The molecule has 6 nitrogen and oxygen atoms in total. The number of halogens is 1. The van der Waals surface area contributed by atoms with Crippen molar-refractivity contribution in [3.05, 3.63) is 89.0 Å². The molecule has 1 saturated carbocycles. The Morgan fingerprint density at radius 2 is 1.79 bits per heavy atom. The third kappa shape index (κ3) is 5.78. The van der Waals surface area contributed by atoms with Crippen LogP contribution in [-0.4, -0.2) is 69.4 Å². The predicted molar refractivity (Wildman–Crippen MR) is 163 cm³/mol. The molecule has 3 heterocycles. The predicted octanol–water partition coefficient (Wildman–Crippen LogP) is 5.95. The molecular weight excluding hydrogens is 527 g/mol. The van der Waals surface area contributed by atoms with Gasteiger partial charge in [-0.05, 0) is 99.3 Å². The zero-order chi connectivity index (χ0) is 29.4. The fourth-order valence-corrected chi connectivity index (χ4v) is 8.34. The number of aromatic nitrogens is 2. The molecule has 6 rings (SSSR count). The van der Waals surface area contributed by atoms with Crippen LogP contribution in [0.4, 0.5) is 4.39 Å². The van der Waals surface area contributed by atoms with Crippen molar-refractivity contribution < 1.29 is 14.3 Å². The maximum absolute atomic E-state index is 14.3. The van der Waals surface area contributed by atoms with Gasteiger partial charge in [-0.3, -0.25) is 14.4 Å². The van der Waals surface area contributed by atoms with Crippen LogP contribution in [0.2, 0.25) is 0 Å². The number of rotatable bonds is 9. The molecule has 3 aromatic rings. The molecule has 4 atom stereocenters. The Morgan fingerprint density at radius 1 is 1.05 bits per heavy atom. The first-order chi connectivity index (χ1) is 20.2. The normalized spacial score (nSPS) is 24.5. The van der Waals surface area contributed by atoms with Crippen LogP contribution in [0, 0.1) is 17.7 Å². The van der Waals surface area contributed by atoms with Crippen molar-refractivity contribution in [1.29, 1.82) is 0 Å². The fourth-order valence-electron chi connectivity index (χ4n) is 8.34. The molecule has 1 unspecified atom stereocenters. The first kappa shape index (κ1) is 29.1. The number of benzene rings is 2. The highest BCUT2D eigenvalue weighted by Gasteiger charge is 2.45. The lowest BCUT2D eigenvalue weighted by molar-refractivity contribution is -0.145. The first-order valence-electron chi connectivity index (χ1n) is 15.8. The van der Waals surface area contributed by atoms with Crippen molar-refractivity contribution in [2.45, 2.75) is 82.3 Å². The number of likely N-dealkylation sites (N-methyl/N-ethyl adjacent to an activating group) is 1. The molecule has 0 amide bonds. The van der Waals surface area contributed by atoms with Gasteiger partial charge in [-0.1, -0.05) is 56.3 Å². The Labute approximate surface area is 249 Å². The van der Waals surface area contributed by atoms with E-state index in [4.69, 9.17) is 5.10 Å². The lowest BCUT2D eigenvalue weighted by Crippen LogP contribution is -2.47. The van der Waals surface area contributed by atoms with Gasteiger partial charge < -0.3 is 10.0 Å². The van der Waals surface area contributed by atoms with E-state index in [-0.39, 0.29) is 29.1 Å².